The summed E-state index contributed by atoms with van der Waals surface area (Å²) in [6.07, 6.45) is 3.98. The van der Waals surface area contributed by atoms with Crippen molar-refractivity contribution in [3.05, 3.63) is 64.7 Å². The van der Waals surface area contributed by atoms with Gasteiger partial charge in [0.1, 0.15) is 17.8 Å². The number of thioether (sulfide) groups is 1. The summed E-state index contributed by atoms with van der Waals surface area (Å²) in [5.74, 6) is -1.35. The summed E-state index contributed by atoms with van der Waals surface area (Å²) in [7, 11) is 1.34. The van der Waals surface area contributed by atoms with Crippen LogP contribution < -0.4 is 31.7 Å². The molecule has 0 saturated carbocycles. The third-order valence-corrected chi connectivity index (χ3v) is 9.04. The van der Waals surface area contributed by atoms with Gasteiger partial charge in [-0.3, -0.25) is 24.0 Å². The molecule has 2 rings (SSSR count). The van der Waals surface area contributed by atoms with E-state index in [4.69, 9.17) is 15.2 Å². The molecule has 55 heavy (non-hydrogen) atoms. The molecule has 0 unspecified atom stereocenters. The highest BCUT2D eigenvalue weighted by Crippen LogP contribution is 2.27. The Morgan fingerprint density at radius 1 is 0.836 bits per heavy atom. The van der Waals surface area contributed by atoms with E-state index in [-0.39, 0.29) is 56.1 Å². The maximum absolute atomic E-state index is 13.3. The SMILES string of the molecule is COC(=O)CCCCCNC(=O)[C@H](Cc1ccccc1)NC(=O)CNC(=O)[C@@H](CCSC)NC(=O)[C@@H](N)Cc1ccc(C)c(OC(=O)OCC(C)C)c1C.Cl. The molecule has 16 heteroatoms. The molecular formula is C39H58ClN5O9S. The Balaban J connectivity index is 0.0000151. The van der Waals surface area contributed by atoms with E-state index in [1.165, 1.54) is 18.9 Å². The van der Waals surface area contributed by atoms with Crippen LogP contribution >= 0.6 is 24.2 Å². The van der Waals surface area contributed by atoms with Gasteiger partial charge in [0.05, 0.1) is 26.3 Å². The van der Waals surface area contributed by atoms with Crippen LogP contribution in [-0.2, 0) is 46.3 Å². The first kappa shape index (κ1) is 48.7. The van der Waals surface area contributed by atoms with Crippen LogP contribution in [0.4, 0.5) is 4.79 Å². The number of carbonyl (C=O) groups excluding carboxylic acids is 6. The molecule has 6 N–H and O–H groups in total. The van der Waals surface area contributed by atoms with Gasteiger partial charge in [-0.15, -0.1) is 12.4 Å². The highest BCUT2D eigenvalue weighted by atomic mass is 35.5. The largest absolute Gasteiger partial charge is 0.513 e. The number of carbonyl (C=O) groups is 6. The average molecular weight is 808 g/mol. The number of halogens is 1. The summed E-state index contributed by atoms with van der Waals surface area (Å²) < 4.78 is 15.3. The number of hydrogen-bond acceptors (Lipinski definition) is 11. The summed E-state index contributed by atoms with van der Waals surface area (Å²) in [5.41, 5.74) is 9.18. The van der Waals surface area contributed by atoms with Gasteiger partial charge in [-0.2, -0.15) is 11.8 Å². The van der Waals surface area contributed by atoms with Crippen molar-refractivity contribution in [2.45, 2.75) is 90.8 Å². The highest BCUT2D eigenvalue weighted by Gasteiger charge is 2.26. The van der Waals surface area contributed by atoms with Crippen LogP contribution in [-0.4, -0.2) is 92.7 Å². The number of nitrogens with two attached hydrogens (primary N) is 1. The number of unbranched alkanes of at least 4 members (excludes halogenated alkanes) is 2. The average Bonchev–Trinajstić information content (AvgIpc) is 3.15. The predicted molar refractivity (Wildman–Crippen MR) is 215 cm³/mol. The van der Waals surface area contributed by atoms with Crippen molar-refractivity contribution >= 4 is 59.9 Å². The van der Waals surface area contributed by atoms with Gasteiger partial charge >= 0.3 is 12.1 Å². The Morgan fingerprint density at radius 2 is 1.53 bits per heavy atom. The Bertz CT molecular complexity index is 1550. The van der Waals surface area contributed by atoms with Gasteiger partial charge < -0.3 is 41.2 Å². The van der Waals surface area contributed by atoms with Crippen LogP contribution in [0, 0.1) is 19.8 Å². The third-order valence-electron chi connectivity index (χ3n) is 8.40. The Kier molecular flexibility index (Phi) is 23.4. The molecule has 0 aliphatic carbocycles. The summed E-state index contributed by atoms with van der Waals surface area (Å²) in [4.78, 5) is 76.3. The van der Waals surface area contributed by atoms with E-state index in [1.54, 1.807) is 26.0 Å². The molecular weight excluding hydrogens is 750 g/mol. The zero-order valence-corrected chi connectivity index (χ0v) is 34.3. The van der Waals surface area contributed by atoms with E-state index < -0.39 is 48.5 Å². The van der Waals surface area contributed by atoms with Crippen molar-refractivity contribution in [1.82, 2.24) is 21.3 Å². The summed E-state index contributed by atoms with van der Waals surface area (Å²) in [6, 6.07) is 9.88. The van der Waals surface area contributed by atoms with Crippen LogP contribution in [0.25, 0.3) is 0 Å². The number of methoxy groups -OCH3 is 1. The van der Waals surface area contributed by atoms with Crippen molar-refractivity contribution in [3.63, 3.8) is 0 Å². The second kappa shape index (κ2) is 26.5. The molecule has 0 bridgehead atoms. The van der Waals surface area contributed by atoms with Gasteiger partial charge in [0.2, 0.25) is 23.6 Å². The molecule has 0 spiro atoms. The van der Waals surface area contributed by atoms with E-state index in [2.05, 4.69) is 26.0 Å². The first-order valence-corrected chi connectivity index (χ1v) is 19.6. The molecule has 0 heterocycles. The van der Waals surface area contributed by atoms with Gasteiger partial charge in [-0.05, 0) is 79.7 Å². The van der Waals surface area contributed by atoms with Crippen molar-refractivity contribution in [2.75, 3.05) is 38.8 Å². The normalized spacial score (nSPS) is 12.3. The molecule has 0 aromatic heterocycles. The van der Waals surface area contributed by atoms with Crippen molar-refractivity contribution in [3.8, 4) is 5.75 Å². The van der Waals surface area contributed by atoms with E-state index in [0.29, 0.717) is 60.4 Å². The Morgan fingerprint density at radius 3 is 2.18 bits per heavy atom. The first-order chi connectivity index (χ1) is 25.7. The molecule has 2 aromatic rings. The Labute approximate surface area is 334 Å². The van der Waals surface area contributed by atoms with E-state index in [0.717, 1.165) is 5.56 Å². The number of esters is 1. The third kappa shape index (κ3) is 18.7. The number of aryl methyl sites for hydroxylation is 1. The lowest BCUT2D eigenvalue weighted by molar-refractivity contribution is -0.140. The predicted octanol–water partition coefficient (Wildman–Crippen LogP) is 3.70. The topological polar surface area (TPSA) is 204 Å². The van der Waals surface area contributed by atoms with Crippen molar-refractivity contribution in [2.24, 2.45) is 11.7 Å². The minimum Gasteiger partial charge on any atom is -0.469 e. The monoisotopic (exact) mass is 807 g/mol. The highest BCUT2D eigenvalue weighted by molar-refractivity contribution is 7.98. The standard InChI is InChI=1S/C39H57N5O9S.ClH/c1-25(2)24-52-39(50)53-35-26(3)16-17-29(27(35)4)22-30(40)36(47)44-31(18-20-54-6)37(48)42-23-33(45)43-32(21-28-13-9-7-10-14-28)38(49)41-19-12-8-11-15-34(46)51-5;/h7,9-10,13-14,16-17,25,30-32H,8,11-12,15,18-24,40H2,1-6H3,(H,41,49)(H,42,48)(H,43,45)(H,44,47);1H/t30-,31+,32-;/m0./s1. The van der Waals surface area contributed by atoms with Gasteiger partial charge in [0, 0.05) is 19.4 Å². The first-order valence-electron chi connectivity index (χ1n) is 18.2. The van der Waals surface area contributed by atoms with Gasteiger partial charge in [0.25, 0.3) is 0 Å². The second-order valence-corrected chi connectivity index (χ2v) is 14.4. The number of ether oxygens (including phenoxy) is 3. The second-order valence-electron chi connectivity index (χ2n) is 13.4. The maximum Gasteiger partial charge on any atom is 0.513 e. The van der Waals surface area contributed by atoms with Crippen LogP contribution in [0.1, 0.15) is 68.2 Å². The Hall–Kier alpha value is -4.34. The minimum absolute atomic E-state index is 0. The van der Waals surface area contributed by atoms with Gasteiger partial charge in [-0.1, -0.05) is 62.7 Å². The number of nitrogens with one attached hydrogen (secondary N) is 4. The van der Waals surface area contributed by atoms with E-state index in [1.807, 2.05) is 50.4 Å². The number of benzene rings is 2. The van der Waals surface area contributed by atoms with Crippen LogP contribution in [0.3, 0.4) is 0 Å². The molecule has 0 aliphatic heterocycles. The number of amides is 4. The number of rotatable bonds is 23. The van der Waals surface area contributed by atoms with Crippen LogP contribution in [0.5, 0.6) is 5.75 Å². The lowest BCUT2D eigenvalue weighted by atomic mass is 9.97. The summed E-state index contributed by atoms with van der Waals surface area (Å²) >= 11 is 1.49. The molecule has 4 amide bonds. The lowest BCUT2D eigenvalue weighted by Crippen LogP contribution is -2.54. The molecule has 2 aromatic carbocycles. The zero-order valence-electron chi connectivity index (χ0n) is 32.7. The molecule has 3 atom stereocenters. The quantitative estimate of drug-likeness (QED) is 0.0623. The molecule has 0 saturated heterocycles. The van der Waals surface area contributed by atoms with Crippen molar-refractivity contribution < 1.29 is 43.0 Å². The molecule has 0 fully saturated rings. The van der Waals surface area contributed by atoms with Gasteiger partial charge in [-0.25, -0.2) is 4.79 Å². The zero-order chi connectivity index (χ0) is 40.0. The maximum atomic E-state index is 13.3. The fourth-order valence-electron chi connectivity index (χ4n) is 5.31. The fourth-order valence-corrected chi connectivity index (χ4v) is 5.78. The molecule has 14 nitrogen and oxygen atoms in total. The summed E-state index contributed by atoms with van der Waals surface area (Å²) in [5, 5.41) is 10.9. The van der Waals surface area contributed by atoms with Crippen LogP contribution in [0.15, 0.2) is 42.5 Å². The van der Waals surface area contributed by atoms with Crippen molar-refractivity contribution in [1.29, 1.82) is 0 Å². The summed E-state index contributed by atoms with van der Waals surface area (Å²) in [6.45, 7) is 7.54. The molecule has 0 aliphatic rings. The van der Waals surface area contributed by atoms with E-state index >= 15 is 0 Å². The fraction of sp³-hybridized carbons (Fsp3) is 0.538. The molecule has 306 valence electrons. The van der Waals surface area contributed by atoms with Gasteiger partial charge in [0.15, 0.2) is 0 Å². The minimum atomic E-state index is -1.04. The van der Waals surface area contributed by atoms with Crippen LogP contribution in [0.2, 0.25) is 0 Å². The smallest absolute Gasteiger partial charge is 0.469 e. The van der Waals surface area contributed by atoms with E-state index in [9.17, 15) is 28.8 Å². The lowest BCUT2D eigenvalue weighted by Gasteiger charge is -2.22. The molecule has 0 radical (unpaired) electrons. The number of hydrogen-bond donors (Lipinski definition) is 5.